The molecule has 0 unspecified atom stereocenters. The quantitative estimate of drug-likeness (QED) is 0.229. The number of hydrogen-bond donors (Lipinski definition) is 1. The molecule has 0 aliphatic carbocycles. The van der Waals surface area contributed by atoms with Gasteiger partial charge in [0.25, 0.3) is 5.56 Å². The topological polar surface area (TPSA) is 128 Å². The predicted molar refractivity (Wildman–Crippen MR) is 144 cm³/mol. The van der Waals surface area contributed by atoms with E-state index >= 15 is 4.39 Å². The third-order valence-corrected chi connectivity index (χ3v) is 6.52. The first-order chi connectivity index (χ1) is 22.3. The van der Waals surface area contributed by atoms with Crippen LogP contribution in [0.4, 0.5) is 61.4 Å². The molecule has 1 aliphatic heterocycles. The van der Waals surface area contributed by atoms with Crippen LogP contribution in [0.1, 0.15) is 24.5 Å². The molecule has 22 heteroatoms. The third-order valence-electron chi connectivity index (χ3n) is 6.52. The normalized spacial score (nSPS) is 15.1. The Morgan fingerprint density at radius 1 is 0.958 bits per heavy atom. The molecule has 1 N–H and O–H groups in total. The fourth-order valence-corrected chi connectivity index (χ4v) is 4.24. The monoisotopic (exact) mass is 702 g/mol. The number of carbonyl (C=O) groups is 1. The summed E-state index contributed by atoms with van der Waals surface area (Å²) < 4.78 is 142. The maximum Gasteiger partial charge on any atom is 0.423 e. The third kappa shape index (κ3) is 8.98. The van der Waals surface area contributed by atoms with Crippen molar-refractivity contribution in [3.63, 3.8) is 0 Å². The smallest absolute Gasteiger partial charge is 0.423 e. The Morgan fingerprint density at radius 3 is 2.25 bits per heavy atom. The fourth-order valence-electron chi connectivity index (χ4n) is 4.24. The van der Waals surface area contributed by atoms with Gasteiger partial charge in [-0.05, 0) is 6.92 Å². The zero-order valence-corrected chi connectivity index (χ0v) is 24.5. The highest BCUT2D eigenvalue weighted by Crippen LogP contribution is 2.33. The zero-order chi connectivity index (χ0) is 35.4. The number of alkyl halides is 9. The van der Waals surface area contributed by atoms with Crippen LogP contribution in [0.3, 0.4) is 0 Å². The number of nitrogens with one attached hydrogen (secondary N) is 1. The molecule has 0 spiro atoms. The average Bonchev–Trinajstić information content (AvgIpc) is 2.98. The van der Waals surface area contributed by atoms with Gasteiger partial charge >= 0.3 is 18.5 Å². The van der Waals surface area contributed by atoms with Gasteiger partial charge < -0.3 is 19.7 Å². The number of aromatic nitrogens is 5. The molecule has 1 atom stereocenters. The Kier molecular flexibility index (Phi) is 10.6. The van der Waals surface area contributed by atoms with Crippen molar-refractivity contribution >= 4 is 23.4 Å². The van der Waals surface area contributed by atoms with Gasteiger partial charge in [0, 0.05) is 37.7 Å². The molecule has 262 valence electrons. The molecule has 1 fully saturated rings. The molecule has 1 saturated heterocycles. The highest BCUT2D eigenvalue weighted by atomic mass is 19.4. The second kappa shape index (κ2) is 14.2. The SMILES string of the molecule is C[C@@H](COc1ccnc(N2CCN(c3ncc(C(F)(F)F)cn3)C(=O)C2)c1F)Nc1cnn(COCCC(F)(F)F)c(=O)c1C(F)(F)F. The van der Waals surface area contributed by atoms with Crippen molar-refractivity contribution in [2.45, 2.75) is 44.6 Å². The minimum atomic E-state index is -5.21. The lowest BCUT2D eigenvalue weighted by Crippen LogP contribution is -2.51. The van der Waals surface area contributed by atoms with Crippen molar-refractivity contribution in [1.82, 2.24) is 24.7 Å². The first kappa shape index (κ1) is 36.1. The van der Waals surface area contributed by atoms with E-state index in [4.69, 9.17) is 4.74 Å². The van der Waals surface area contributed by atoms with E-state index in [9.17, 15) is 49.1 Å². The van der Waals surface area contributed by atoms with E-state index in [1.54, 1.807) is 0 Å². The van der Waals surface area contributed by atoms with Gasteiger partial charge in [-0.1, -0.05) is 0 Å². The van der Waals surface area contributed by atoms with Gasteiger partial charge in [-0.15, -0.1) is 0 Å². The number of rotatable bonds is 11. The molecule has 1 aliphatic rings. The summed E-state index contributed by atoms with van der Waals surface area (Å²) in [6.45, 7) is -1.62. The van der Waals surface area contributed by atoms with E-state index in [2.05, 4.69) is 30.1 Å². The minimum Gasteiger partial charge on any atom is -0.488 e. The molecule has 0 radical (unpaired) electrons. The predicted octanol–water partition coefficient (Wildman–Crippen LogP) is 4.26. The van der Waals surface area contributed by atoms with Gasteiger partial charge in [0.2, 0.25) is 17.7 Å². The van der Waals surface area contributed by atoms with Crippen molar-refractivity contribution in [3.8, 4) is 5.75 Å². The van der Waals surface area contributed by atoms with Crippen LogP contribution in [0.25, 0.3) is 0 Å². The highest BCUT2D eigenvalue weighted by Gasteiger charge is 2.39. The van der Waals surface area contributed by atoms with Crippen LogP contribution in [0.2, 0.25) is 0 Å². The summed E-state index contributed by atoms with van der Waals surface area (Å²) in [5, 5.41) is 5.91. The molecule has 3 aromatic heterocycles. The minimum absolute atomic E-state index is 0.0341. The molecule has 1 amide bonds. The van der Waals surface area contributed by atoms with E-state index < -0.39 is 97.3 Å². The van der Waals surface area contributed by atoms with Crippen LogP contribution in [0.15, 0.2) is 35.6 Å². The molecular weight excluding hydrogens is 678 g/mol. The standard InChI is InChI=1S/C26H24F10N8O4/c1-14(41-16-10-40-44(13-47-7-3-24(28,29)30)22(46)19(16)26(34,35)36)12-48-17-2-4-37-21(20(17)27)42-5-6-43(18(45)11-42)23-38-8-15(9-39-23)25(31,32)33/h2,4,8-10,14,41H,3,5-7,11-13H2,1H3/t14-/m0/s1. The number of halogens is 10. The van der Waals surface area contributed by atoms with Gasteiger partial charge in [0.05, 0.1) is 43.1 Å². The fraction of sp³-hybridized carbons (Fsp3) is 0.462. The number of hydrogen-bond acceptors (Lipinski definition) is 10. The second-order valence-electron chi connectivity index (χ2n) is 10.2. The summed E-state index contributed by atoms with van der Waals surface area (Å²) in [6.07, 6.45) is -13.0. The van der Waals surface area contributed by atoms with E-state index in [1.165, 1.54) is 11.8 Å². The summed E-state index contributed by atoms with van der Waals surface area (Å²) in [4.78, 5) is 38.5. The maximum absolute atomic E-state index is 15.4. The number of carbonyl (C=O) groups excluding carboxylic acids is 1. The summed E-state index contributed by atoms with van der Waals surface area (Å²) in [7, 11) is 0. The lowest BCUT2D eigenvalue weighted by Gasteiger charge is -2.34. The molecule has 3 aromatic rings. The van der Waals surface area contributed by atoms with Gasteiger partial charge in [-0.3, -0.25) is 14.5 Å². The van der Waals surface area contributed by atoms with Crippen LogP contribution in [0, 0.1) is 5.82 Å². The molecular formula is C26H24F10N8O4. The molecule has 4 rings (SSSR count). The van der Waals surface area contributed by atoms with E-state index in [-0.39, 0.29) is 29.5 Å². The Hall–Kier alpha value is -4.76. The lowest BCUT2D eigenvalue weighted by atomic mass is 10.2. The van der Waals surface area contributed by atoms with E-state index in [1.807, 2.05) is 0 Å². The van der Waals surface area contributed by atoms with E-state index in [0.717, 1.165) is 17.2 Å². The molecule has 48 heavy (non-hydrogen) atoms. The Bertz CT molecular complexity index is 1650. The summed E-state index contributed by atoms with van der Waals surface area (Å²) in [5.74, 6) is -2.69. The number of anilines is 3. The second-order valence-corrected chi connectivity index (χ2v) is 10.2. The summed E-state index contributed by atoms with van der Waals surface area (Å²) in [6, 6.07) is 0.110. The first-order valence-corrected chi connectivity index (χ1v) is 13.7. The van der Waals surface area contributed by atoms with Gasteiger partial charge in [-0.25, -0.2) is 19.6 Å². The van der Waals surface area contributed by atoms with Crippen molar-refractivity contribution in [2.75, 3.05) is 48.0 Å². The van der Waals surface area contributed by atoms with Gasteiger partial charge in [0.15, 0.2) is 11.6 Å². The van der Waals surface area contributed by atoms with Crippen molar-refractivity contribution in [2.24, 2.45) is 0 Å². The lowest BCUT2D eigenvalue weighted by molar-refractivity contribution is -0.148. The molecule has 0 saturated carbocycles. The number of amides is 1. The van der Waals surface area contributed by atoms with Crippen LogP contribution < -0.4 is 25.4 Å². The first-order valence-electron chi connectivity index (χ1n) is 13.7. The highest BCUT2D eigenvalue weighted by molar-refractivity contribution is 5.96. The number of pyridine rings is 1. The van der Waals surface area contributed by atoms with Crippen LogP contribution >= 0.6 is 0 Å². The number of piperazine rings is 1. The largest absolute Gasteiger partial charge is 0.488 e. The molecule has 0 aromatic carbocycles. The summed E-state index contributed by atoms with van der Waals surface area (Å²) >= 11 is 0. The average molecular weight is 703 g/mol. The van der Waals surface area contributed by atoms with Crippen molar-refractivity contribution < 1.29 is 58.2 Å². The molecule has 12 nitrogen and oxygen atoms in total. The van der Waals surface area contributed by atoms with Gasteiger partial charge in [-0.2, -0.15) is 49.0 Å². The maximum atomic E-state index is 15.4. The number of nitrogens with zero attached hydrogens (tertiary/aromatic N) is 7. The Morgan fingerprint density at radius 2 is 1.65 bits per heavy atom. The molecule has 4 heterocycles. The van der Waals surface area contributed by atoms with Crippen LogP contribution in [-0.2, 0) is 28.6 Å². The number of ether oxygens (including phenoxy) is 2. The van der Waals surface area contributed by atoms with Gasteiger partial charge in [0.1, 0.15) is 18.9 Å². The zero-order valence-electron chi connectivity index (χ0n) is 24.5. The van der Waals surface area contributed by atoms with Crippen LogP contribution in [-0.4, -0.2) is 75.7 Å². The Labute approximate surface area is 263 Å². The van der Waals surface area contributed by atoms with Crippen LogP contribution in [0.5, 0.6) is 5.75 Å². The van der Waals surface area contributed by atoms with Crippen molar-refractivity contribution in [1.29, 1.82) is 0 Å². The molecule has 0 bridgehead atoms. The Balaban J connectivity index is 1.39. The van der Waals surface area contributed by atoms with E-state index in [0.29, 0.717) is 18.6 Å². The van der Waals surface area contributed by atoms with Crippen molar-refractivity contribution in [3.05, 3.63) is 58.2 Å². The summed E-state index contributed by atoms with van der Waals surface area (Å²) in [5.41, 5.74) is -5.27.